The van der Waals surface area contributed by atoms with Gasteiger partial charge >= 0.3 is 0 Å². The summed E-state index contributed by atoms with van der Waals surface area (Å²) in [5.41, 5.74) is 0.908. The first-order valence-electron chi connectivity index (χ1n) is 4.16. The molecule has 12 heavy (non-hydrogen) atoms. The first kappa shape index (κ1) is 8.48. The lowest BCUT2D eigenvalue weighted by Gasteiger charge is -2.31. The molecular formula is C10H10FI. The maximum Gasteiger partial charge on any atom is 0.126 e. The third kappa shape index (κ3) is 1.49. The van der Waals surface area contributed by atoms with Crippen molar-refractivity contribution in [2.24, 2.45) is 0 Å². The van der Waals surface area contributed by atoms with Crippen molar-refractivity contribution in [1.82, 2.24) is 0 Å². The van der Waals surface area contributed by atoms with Crippen molar-refractivity contribution in [2.45, 2.75) is 22.7 Å². The van der Waals surface area contributed by atoms with Gasteiger partial charge in [-0.15, -0.1) is 0 Å². The quantitative estimate of drug-likeness (QED) is 0.544. The molecule has 1 aliphatic rings. The SMILES string of the molecule is Fc1ccccc1[C@H]1C[C@H](I)C1. The molecule has 1 saturated carbocycles. The Morgan fingerprint density at radius 1 is 1.25 bits per heavy atom. The Balaban J connectivity index is 2.18. The number of halogens is 2. The molecule has 2 heteroatoms. The summed E-state index contributed by atoms with van der Waals surface area (Å²) in [6.45, 7) is 0. The van der Waals surface area contributed by atoms with Crippen molar-refractivity contribution in [3.63, 3.8) is 0 Å². The summed E-state index contributed by atoms with van der Waals surface area (Å²) in [5.74, 6) is 0.443. The van der Waals surface area contributed by atoms with Crippen LogP contribution in [0.2, 0.25) is 0 Å². The van der Waals surface area contributed by atoms with Gasteiger partial charge in [-0.25, -0.2) is 4.39 Å². The van der Waals surface area contributed by atoms with E-state index in [-0.39, 0.29) is 5.82 Å². The molecular weight excluding hydrogens is 266 g/mol. The Bertz CT molecular complexity index is 279. The van der Waals surface area contributed by atoms with Gasteiger partial charge in [-0.1, -0.05) is 40.8 Å². The molecule has 0 radical (unpaired) electrons. The highest BCUT2D eigenvalue weighted by Crippen LogP contribution is 2.41. The largest absolute Gasteiger partial charge is 0.207 e. The van der Waals surface area contributed by atoms with Gasteiger partial charge in [-0.05, 0) is 30.4 Å². The van der Waals surface area contributed by atoms with E-state index in [1.807, 2.05) is 12.1 Å². The van der Waals surface area contributed by atoms with Crippen molar-refractivity contribution >= 4 is 22.6 Å². The first-order chi connectivity index (χ1) is 5.77. The molecule has 0 heterocycles. The van der Waals surface area contributed by atoms with Crippen molar-refractivity contribution < 1.29 is 4.39 Å². The average Bonchev–Trinajstić information content (AvgIpc) is 2.01. The summed E-state index contributed by atoms with van der Waals surface area (Å²) >= 11 is 2.42. The van der Waals surface area contributed by atoms with Gasteiger partial charge in [0.25, 0.3) is 0 Å². The molecule has 0 bridgehead atoms. The molecule has 0 aliphatic heterocycles. The van der Waals surface area contributed by atoms with E-state index >= 15 is 0 Å². The van der Waals surface area contributed by atoms with Crippen LogP contribution in [0.1, 0.15) is 24.3 Å². The average molecular weight is 276 g/mol. The first-order valence-corrected chi connectivity index (χ1v) is 5.40. The van der Waals surface area contributed by atoms with E-state index in [0.29, 0.717) is 5.92 Å². The number of hydrogen-bond acceptors (Lipinski definition) is 0. The lowest BCUT2D eigenvalue weighted by Crippen LogP contribution is -2.22. The lowest BCUT2D eigenvalue weighted by atomic mass is 9.80. The van der Waals surface area contributed by atoms with Crippen molar-refractivity contribution in [2.75, 3.05) is 0 Å². The van der Waals surface area contributed by atoms with Gasteiger partial charge in [0.15, 0.2) is 0 Å². The Morgan fingerprint density at radius 3 is 2.50 bits per heavy atom. The standard InChI is InChI=1S/C10H10FI/c11-10-4-2-1-3-9(10)7-5-8(12)6-7/h1-4,7-8H,5-6H2/t7-,8-. The van der Waals surface area contributed by atoms with Crippen LogP contribution < -0.4 is 0 Å². The molecule has 0 aromatic heterocycles. The summed E-state index contributed by atoms with van der Waals surface area (Å²) in [6, 6.07) is 7.12. The minimum atomic E-state index is -0.0363. The fourth-order valence-electron chi connectivity index (χ4n) is 1.61. The van der Waals surface area contributed by atoms with Crippen LogP contribution in [0.15, 0.2) is 24.3 Å². The van der Waals surface area contributed by atoms with Gasteiger partial charge in [-0.3, -0.25) is 0 Å². The molecule has 0 unspecified atom stereocenters. The van der Waals surface area contributed by atoms with Crippen LogP contribution in [0.25, 0.3) is 0 Å². The minimum absolute atomic E-state index is 0.0363. The normalized spacial score (nSPS) is 28.2. The molecule has 1 aromatic carbocycles. The zero-order valence-electron chi connectivity index (χ0n) is 6.63. The van der Waals surface area contributed by atoms with E-state index in [0.717, 1.165) is 22.3 Å². The predicted octanol–water partition coefficient (Wildman–Crippen LogP) is 3.51. The van der Waals surface area contributed by atoms with E-state index in [1.165, 1.54) is 0 Å². The van der Waals surface area contributed by atoms with Crippen molar-refractivity contribution in [3.05, 3.63) is 35.6 Å². The number of hydrogen-bond donors (Lipinski definition) is 0. The number of alkyl halides is 1. The second kappa shape index (κ2) is 3.32. The zero-order chi connectivity index (χ0) is 8.55. The van der Waals surface area contributed by atoms with Crippen LogP contribution in [-0.2, 0) is 0 Å². The molecule has 64 valence electrons. The molecule has 0 atom stereocenters. The molecule has 0 amide bonds. The molecule has 0 spiro atoms. The Hall–Kier alpha value is -0.120. The number of rotatable bonds is 1. The maximum atomic E-state index is 13.2. The smallest absolute Gasteiger partial charge is 0.126 e. The lowest BCUT2D eigenvalue weighted by molar-refractivity contribution is 0.431. The van der Waals surface area contributed by atoms with Crippen LogP contribution in [0.3, 0.4) is 0 Å². The van der Waals surface area contributed by atoms with E-state index in [4.69, 9.17) is 0 Å². The third-order valence-electron chi connectivity index (χ3n) is 2.43. The maximum absolute atomic E-state index is 13.2. The Labute approximate surface area is 85.3 Å². The third-order valence-corrected chi connectivity index (χ3v) is 3.44. The van der Waals surface area contributed by atoms with Crippen LogP contribution in [0.4, 0.5) is 4.39 Å². The fraction of sp³-hybridized carbons (Fsp3) is 0.400. The molecule has 2 rings (SSSR count). The molecule has 1 aliphatic carbocycles. The Kier molecular flexibility index (Phi) is 2.35. The zero-order valence-corrected chi connectivity index (χ0v) is 8.79. The molecule has 0 N–H and O–H groups in total. The topological polar surface area (TPSA) is 0 Å². The number of benzene rings is 1. The summed E-state index contributed by atoms with van der Waals surface area (Å²) in [5, 5.41) is 0. The van der Waals surface area contributed by atoms with Gasteiger partial charge in [0.1, 0.15) is 5.82 Å². The van der Waals surface area contributed by atoms with Gasteiger partial charge < -0.3 is 0 Å². The second-order valence-electron chi connectivity index (χ2n) is 3.29. The second-order valence-corrected chi connectivity index (χ2v) is 5.05. The molecule has 0 saturated heterocycles. The summed E-state index contributed by atoms with van der Waals surface area (Å²) in [6.07, 6.45) is 2.28. The highest BCUT2D eigenvalue weighted by Gasteiger charge is 2.29. The van der Waals surface area contributed by atoms with E-state index in [2.05, 4.69) is 22.6 Å². The summed E-state index contributed by atoms with van der Waals surface area (Å²) < 4.78 is 13.9. The van der Waals surface area contributed by atoms with E-state index < -0.39 is 0 Å². The van der Waals surface area contributed by atoms with E-state index in [1.54, 1.807) is 12.1 Å². The molecule has 1 fully saturated rings. The van der Waals surface area contributed by atoms with Crippen LogP contribution in [0.5, 0.6) is 0 Å². The highest BCUT2D eigenvalue weighted by atomic mass is 127. The molecule has 0 nitrogen and oxygen atoms in total. The summed E-state index contributed by atoms with van der Waals surface area (Å²) in [7, 11) is 0. The van der Waals surface area contributed by atoms with Crippen LogP contribution >= 0.6 is 22.6 Å². The highest BCUT2D eigenvalue weighted by molar-refractivity contribution is 14.1. The van der Waals surface area contributed by atoms with Crippen LogP contribution in [-0.4, -0.2) is 3.92 Å². The Morgan fingerprint density at radius 2 is 1.92 bits per heavy atom. The molecule has 1 aromatic rings. The van der Waals surface area contributed by atoms with Crippen LogP contribution in [0, 0.1) is 5.82 Å². The van der Waals surface area contributed by atoms with Gasteiger partial charge in [0, 0.05) is 3.92 Å². The van der Waals surface area contributed by atoms with Gasteiger partial charge in [0.2, 0.25) is 0 Å². The van der Waals surface area contributed by atoms with Crippen molar-refractivity contribution in [3.8, 4) is 0 Å². The van der Waals surface area contributed by atoms with Gasteiger partial charge in [-0.2, -0.15) is 0 Å². The van der Waals surface area contributed by atoms with Crippen molar-refractivity contribution in [1.29, 1.82) is 0 Å². The fourth-order valence-corrected chi connectivity index (χ4v) is 2.84. The van der Waals surface area contributed by atoms with Gasteiger partial charge in [0.05, 0.1) is 0 Å². The minimum Gasteiger partial charge on any atom is -0.207 e. The monoisotopic (exact) mass is 276 g/mol. The van der Waals surface area contributed by atoms with E-state index in [9.17, 15) is 4.39 Å². The summed E-state index contributed by atoms with van der Waals surface area (Å²) in [4.78, 5) is 0. The predicted molar refractivity (Wildman–Crippen MR) is 56.2 cm³/mol.